The molecule has 0 radical (unpaired) electrons. The van der Waals surface area contributed by atoms with Gasteiger partial charge in [-0.1, -0.05) is 20.3 Å². The fourth-order valence-electron chi connectivity index (χ4n) is 1.39. The summed E-state index contributed by atoms with van der Waals surface area (Å²) in [6.45, 7) is 6.74. The first kappa shape index (κ1) is 14.7. The van der Waals surface area contributed by atoms with Crippen LogP contribution >= 0.6 is 0 Å². The molecule has 5 heteroatoms. The molecule has 0 fully saturated rings. The van der Waals surface area contributed by atoms with Crippen LogP contribution in [-0.2, 0) is 4.79 Å². The van der Waals surface area contributed by atoms with Crippen molar-refractivity contribution < 1.29 is 14.7 Å². The van der Waals surface area contributed by atoms with Gasteiger partial charge >= 0.3 is 12.0 Å². The minimum atomic E-state index is -0.980. The van der Waals surface area contributed by atoms with Gasteiger partial charge in [0.25, 0.3) is 0 Å². The fourth-order valence-corrected chi connectivity index (χ4v) is 1.39. The second-order valence-electron chi connectivity index (χ2n) is 4.08. The number of aliphatic carboxylic acids is 1. The van der Waals surface area contributed by atoms with E-state index in [0.29, 0.717) is 19.0 Å². The molecule has 0 spiro atoms. The van der Waals surface area contributed by atoms with E-state index in [1.807, 2.05) is 0 Å². The summed E-state index contributed by atoms with van der Waals surface area (Å²) in [5, 5.41) is 8.66. The zero-order valence-electron chi connectivity index (χ0n) is 10.6. The van der Waals surface area contributed by atoms with E-state index in [2.05, 4.69) is 13.8 Å². The summed E-state index contributed by atoms with van der Waals surface area (Å²) in [5.74, 6) is -0.551. The SMILES string of the molecule is CCC(C)CN(C)C(=O)N(CC)CC(=O)O. The van der Waals surface area contributed by atoms with Crippen molar-refractivity contribution in [1.82, 2.24) is 9.80 Å². The fraction of sp³-hybridized carbons (Fsp3) is 0.818. The van der Waals surface area contributed by atoms with Crippen molar-refractivity contribution in [3.63, 3.8) is 0 Å². The van der Waals surface area contributed by atoms with Crippen molar-refractivity contribution >= 4 is 12.0 Å². The summed E-state index contributed by atoms with van der Waals surface area (Å²) in [6.07, 6.45) is 1.00. The Morgan fingerprint density at radius 2 is 1.88 bits per heavy atom. The summed E-state index contributed by atoms with van der Waals surface area (Å²) in [6, 6.07) is -0.217. The van der Waals surface area contributed by atoms with Crippen molar-refractivity contribution in [3.05, 3.63) is 0 Å². The van der Waals surface area contributed by atoms with Crippen molar-refractivity contribution in [2.45, 2.75) is 27.2 Å². The number of amides is 2. The summed E-state index contributed by atoms with van der Waals surface area (Å²) in [7, 11) is 1.71. The highest BCUT2D eigenvalue weighted by Gasteiger charge is 2.19. The molecule has 0 aromatic heterocycles. The van der Waals surface area contributed by atoms with E-state index in [9.17, 15) is 9.59 Å². The molecule has 0 saturated heterocycles. The van der Waals surface area contributed by atoms with E-state index in [1.165, 1.54) is 4.90 Å². The molecular weight excluding hydrogens is 208 g/mol. The van der Waals surface area contributed by atoms with Gasteiger partial charge in [0, 0.05) is 20.1 Å². The highest BCUT2D eigenvalue weighted by molar-refractivity contribution is 5.79. The number of carboxylic acids is 1. The molecule has 1 unspecified atom stereocenters. The summed E-state index contributed by atoms with van der Waals surface area (Å²) in [4.78, 5) is 25.3. The van der Waals surface area contributed by atoms with Gasteiger partial charge in [0.1, 0.15) is 6.54 Å². The van der Waals surface area contributed by atoms with E-state index in [4.69, 9.17) is 5.11 Å². The van der Waals surface area contributed by atoms with Gasteiger partial charge in [-0.05, 0) is 12.8 Å². The average Bonchev–Trinajstić information content (AvgIpc) is 2.24. The minimum Gasteiger partial charge on any atom is -0.480 e. The second-order valence-corrected chi connectivity index (χ2v) is 4.08. The number of urea groups is 1. The Kier molecular flexibility index (Phi) is 6.53. The smallest absolute Gasteiger partial charge is 0.323 e. The number of nitrogens with zero attached hydrogens (tertiary/aromatic N) is 2. The van der Waals surface area contributed by atoms with Crippen LogP contribution in [0.1, 0.15) is 27.2 Å². The molecule has 0 aliphatic heterocycles. The molecule has 0 aliphatic carbocycles. The van der Waals surface area contributed by atoms with E-state index in [-0.39, 0.29) is 12.6 Å². The number of carbonyl (C=O) groups is 2. The average molecular weight is 230 g/mol. The maximum absolute atomic E-state index is 11.8. The normalized spacial score (nSPS) is 12.0. The molecular formula is C11H22N2O3. The minimum absolute atomic E-state index is 0.217. The zero-order chi connectivity index (χ0) is 12.7. The monoisotopic (exact) mass is 230 g/mol. The number of carboxylic acid groups (broad SMARTS) is 1. The molecule has 0 aromatic carbocycles. The van der Waals surface area contributed by atoms with Crippen LogP contribution in [0.2, 0.25) is 0 Å². The topological polar surface area (TPSA) is 60.9 Å². The van der Waals surface area contributed by atoms with Gasteiger partial charge in [-0.2, -0.15) is 0 Å². The summed E-state index contributed by atoms with van der Waals surface area (Å²) >= 11 is 0. The lowest BCUT2D eigenvalue weighted by molar-refractivity contribution is -0.137. The molecule has 1 atom stereocenters. The van der Waals surface area contributed by atoms with E-state index >= 15 is 0 Å². The zero-order valence-corrected chi connectivity index (χ0v) is 10.6. The van der Waals surface area contributed by atoms with Crippen molar-refractivity contribution in [1.29, 1.82) is 0 Å². The quantitative estimate of drug-likeness (QED) is 0.752. The third-order valence-corrected chi connectivity index (χ3v) is 2.59. The van der Waals surface area contributed by atoms with Gasteiger partial charge in [0.15, 0.2) is 0 Å². The maximum Gasteiger partial charge on any atom is 0.323 e. The Bertz CT molecular complexity index is 243. The van der Waals surface area contributed by atoms with Crippen molar-refractivity contribution in [2.24, 2.45) is 5.92 Å². The molecule has 0 rings (SSSR count). The molecule has 0 aliphatic rings. The van der Waals surface area contributed by atoms with Gasteiger partial charge < -0.3 is 14.9 Å². The van der Waals surface area contributed by atoms with Gasteiger partial charge in [-0.15, -0.1) is 0 Å². The molecule has 94 valence electrons. The van der Waals surface area contributed by atoms with E-state index in [0.717, 1.165) is 6.42 Å². The number of rotatable bonds is 6. The van der Waals surface area contributed by atoms with E-state index in [1.54, 1.807) is 18.9 Å². The van der Waals surface area contributed by atoms with Crippen LogP contribution in [0.3, 0.4) is 0 Å². The van der Waals surface area contributed by atoms with Gasteiger partial charge in [0.05, 0.1) is 0 Å². The predicted octanol–water partition coefficient (Wildman–Crippen LogP) is 1.49. The Hall–Kier alpha value is -1.26. The number of likely N-dealkylation sites (N-methyl/N-ethyl adjacent to an activating group) is 1. The highest BCUT2D eigenvalue weighted by atomic mass is 16.4. The second kappa shape index (κ2) is 7.09. The Balaban J connectivity index is 4.32. The van der Waals surface area contributed by atoms with Gasteiger partial charge in [0.2, 0.25) is 0 Å². The summed E-state index contributed by atoms with van der Waals surface area (Å²) in [5.41, 5.74) is 0. The van der Waals surface area contributed by atoms with Gasteiger partial charge in [-0.25, -0.2) is 4.79 Å². The Morgan fingerprint density at radius 1 is 1.31 bits per heavy atom. The van der Waals surface area contributed by atoms with Crippen LogP contribution in [-0.4, -0.2) is 53.6 Å². The molecule has 2 amide bonds. The standard InChI is InChI=1S/C11H22N2O3/c1-5-9(3)7-12(4)11(16)13(6-2)8-10(14)15/h9H,5-8H2,1-4H3,(H,14,15). The molecule has 0 bridgehead atoms. The molecule has 5 nitrogen and oxygen atoms in total. The van der Waals surface area contributed by atoms with Gasteiger partial charge in [-0.3, -0.25) is 4.79 Å². The Labute approximate surface area is 97.0 Å². The third-order valence-electron chi connectivity index (χ3n) is 2.59. The molecule has 1 N–H and O–H groups in total. The first-order valence-corrected chi connectivity index (χ1v) is 5.64. The largest absolute Gasteiger partial charge is 0.480 e. The highest BCUT2D eigenvalue weighted by Crippen LogP contribution is 2.05. The molecule has 0 aromatic rings. The van der Waals surface area contributed by atoms with Crippen molar-refractivity contribution in [3.8, 4) is 0 Å². The lowest BCUT2D eigenvalue weighted by atomic mass is 10.1. The van der Waals surface area contributed by atoms with Crippen LogP contribution in [0, 0.1) is 5.92 Å². The number of carbonyl (C=O) groups excluding carboxylic acids is 1. The molecule has 0 heterocycles. The number of hydrogen-bond donors (Lipinski definition) is 1. The first-order chi connectivity index (χ1) is 7.42. The molecule has 16 heavy (non-hydrogen) atoms. The van der Waals surface area contributed by atoms with E-state index < -0.39 is 5.97 Å². The predicted molar refractivity (Wildman–Crippen MR) is 62.4 cm³/mol. The van der Waals surface area contributed by atoms with Crippen LogP contribution in [0.15, 0.2) is 0 Å². The van der Waals surface area contributed by atoms with Crippen LogP contribution < -0.4 is 0 Å². The Morgan fingerprint density at radius 3 is 2.25 bits per heavy atom. The summed E-state index contributed by atoms with van der Waals surface area (Å²) < 4.78 is 0. The van der Waals surface area contributed by atoms with Crippen LogP contribution in [0.5, 0.6) is 0 Å². The number of hydrogen-bond acceptors (Lipinski definition) is 2. The van der Waals surface area contributed by atoms with Crippen LogP contribution in [0.4, 0.5) is 4.79 Å². The lowest BCUT2D eigenvalue weighted by Crippen LogP contribution is -2.44. The third kappa shape index (κ3) is 5.00. The lowest BCUT2D eigenvalue weighted by Gasteiger charge is -2.27. The molecule has 0 saturated carbocycles. The maximum atomic E-state index is 11.8. The first-order valence-electron chi connectivity index (χ1n) is 5.64. The van der Waals surface area contributed by atoms with Crippen LogP contribution in [0.25, 0.3) is 0 Å². The van der Waals surface area contributed by atoms with Crippen molar-refractivity contribution in [2.75, 3.05) is 26.7 Å².